The van der Waals surface area contributed by atoms with Gasteiger partial charge in [-0.2, -0.15) is 16.7 Å². The van der Waals surface area contributed by atoms with Crippen molar-refractivity contribution in [3.8, 4) is 0 Å². The standard InChI is InChI=1S/C16H21N5O2S/c1-24-11-13-19-14(23-20-13)10-18-16(22)15(21-7-2-3-8-21)12-5-4-6-17-9-12/h4-6,9,15H,2-3,7-8,10-11H2,1H3,(H,18,22). The maximum atomic E-state index is 12.8. The number of amides is 1. The van der Waals surface area contributed by atoms with E-state index in [1.54, 1.807) is 24.2 Å². The Morgan fingerprint density at radius 3 is 3.00 bits per heavy atom. The second kappa shape index (κ2) is 8.25. The summed E-state index contributed by atoms with van der Waals surface area (Å²) in [6.07, 6.45) is 7.68. The molecule has 1 aliphatic heterocycles. The van der Waals surface area contributed by atoms with Crippen molar-refractivity contribution in [2.24, 2.45) is 0 Å². The summed E-state index contributed by atoms with van der Waals surface area (Å²) in [5.74, 6) is 1.71. The van der Waals surface area contributed by atoms with Gasteiger partial charge < -0.3 is 9.84 Å². The number of thioether (sulfide) groups is 1. The molecule has 3 rings (SSSR count). The van der Waals surface area contributed by atoms with E-state index < -0.39 is 0 Å². The zero-order chi connectivity index (χ0) is 16.8. The number of nitrogens with zero attached hydrogens (tertiary/aromatic N) is 4. The van der Waals surface area contributed by atoms with Crippen LogP contribution in [-0.2, 0) is 17.1 Å². The molecule has 0 saturated carbocycles. The molecule has 3 heterocycles. The van der Waals surface area contributed by atoms with Crippen molar-refractivity contribution in [2.45, 2.75) is 31.2 Å². The van der Waals surface area contributed by atoms with Gasteiger partial charge in [-0.05, 0) is 43.8 Å². The second-order valence-electron chi connectivity index (χ2n) is 5.69. The van der Waals surface area contributed by atoms with Crippen LogP contribution in [0.15, 0.2) is 29.0 Å². The van der Waals surface area contributed by atoms with Gasteiger partial charge in [0, 0.05) is 12.4 Å². The van der Waals surface area contributed by atoms with Gasteiger partial charge in [-0.3, -0.25) is 14.7 Å². The summed E-state index contributed by atoms with van der Waals surface area (Å²) in [4.78, 5) is 23.4. The van der Waals surface area contributed by atoms with Gasteiger partial charge in [-0.1, -0.05) is 11.2 Å². The van der Waals surface area contributed by atoms with Crippen LogP contribution in [0.3, 0.4) is 0 Å². The maximum absolute atomic E-state index is 12.8. The summed E-state index contributed by atoms with van der Waals surface area (Å²) in [6, 6.07) is 3.48. The molecule has 1 amide bonds. The predicted octanol–water partition coefficient (Wildman–Crippen LogP) is 1.78. The first-order chi connectivity index (χ1) is 11.8. The highest BCUT2D eigenvalue weighted by molar-refractivity contribution is 7.97. The monoisotopic (exact) mass is 347 g/mol. The molecule has 1 saturated heterocycles. The van der Waals surface area contributed by atoms with Crippen molar-refractivity contribution in [1.29, 1.82) is 0 Å². The lowest BCUT2D eigenvalue weighted by Gasteiger charge is -2.26. The molecular weight excluding hydrogens is 326 g/mol. The van der Waals surface area contributed by atoms with Crippen LogP contribution in [0.5, 0.6) is 0 Å². The highest BCUT2D eigenvalue weighted by atomic mass is 32.2. The van der Waals surface area contributed by atoms with E-state index in [9.17, 15) is 4.79 Å². The van der Waals surface area contributed by atoms with Crippen molar-refractivity contribution in [2.75, 3.05) is 19.3 Å². The molecule has 2 aromatic heterocycles. The summed E-state index contributed by atoms with van der Waals surface area (Å²) in [7, 11) is 0. The first-order valence-electron chi connectivity index (χ1n) is 8.00. The number of hydrogen-bond acceptors (Lipinski definition) is 7. The molecule has 1 atom stereocenters. The normalized spacial score (nSPS) is 16.2. The van der Waals surface area contributed by atoms with Crippen molar-refractivity contribution < 1.29 is 9.32 Å². The number of rotatable bonds is 7. The summed E-state index contributed by atoms with van der Waals surface area (Å²) in [5.41, 5.74) is 0.908. The first-order valence-corrected chi connectivity index (χ1v) is 9.39. The zero-order valence-corrected chi connectivity index (χ0v) is 14.5. The van der Waals surface area contributed by atoms with E-state index in [0.717, 1.165) is 31.5 Å². The predicted molar refractivity (Wildman–Crippen MR) is 91.1 cm³/mol. The van der Waals surface area contributed by atoms with E-state index in [4.69, 9.17) is 4.52 Å². The summed E-state index contributed by atoms with van der Waals surface area (Å²) in [6.45, 7) is 2.08. The molecule has 2 aromatic rings. The van der Waals surface area contributed by atoms with Gasteiger partial charge in [0.05, 0.1) is 12.3 Å². The Balaban J connectivity index is 1.66. The van der Waals surface area contributed by atoms with Crippen LogP contribution in [0.1, 0.15) is 36.2 Å². The van der Waals surface area contributed by atoms with Gasteiger partial charge >= 0.3 is 0 Å². The fourth-order valence-electron chi connectivity index (χ4n) is 2.87. The van der Waals surface area contributed by atoms with Crippen LogP contribution in [-0.4, -0.2) is 45.3 Å². The number of pyridine rings is 1. The Morgan fingerprint density at radius 1 is 1.46 bits per heavy atom. The molecule has 7 nitrogen and oxygen atoms in total. The highest BCUT2D eigenvalue weighted by Gasteiger charge is 2.29. The molecule has 0 bridgehead atoms. The van der Waals surface area contributed by atoms with Crippen LogP contribution in [0.4, 0.5) is 0 Å². The molecule has 1 unspecified atom stereocenters. The van der Waals surface area contributed by atoms with Gasteiger partial charge in [0.2, 0.25) is 11.8 Å². The Labute approximate surface area is 145 Å². The number of likely N-dealkylation sites (tertiary alicyclic amines) is 1. The Morgan fingerprint density at radius 2 is 2.29 bits per heavy atom. The van der Waals surface area contributed by atoms with Gasteiger partial charge in [-0.25, -0.2) is 0 Å². The highest BCUT2D eigenvalue weighted by Crippen LogP contribution is 2.24. The molecule has 24 heavy (non-hydrogen) atoms. The minimum absolute atomic E-state index is 0.0606. The average molecular weight is 347 g/mol. The third kappa shape index (κ3) is 4.12. The fraction of sp³-hybridized carbons (Fsp3) is 0.500. The molecule has 0 radical (unpaired) electrons. The SMILES string of the molecule is CSCc1noc(CNC(=O)C(c2cccnc2)N2CCCC2)n1. The summed E-state index contributed by atoms with van der Waals surface area (Å²) >= 11 is 1.63. The summed E-state index contributed by atoms with van der Waals surface area (Å²) in [5, 5.41) is 6.80. The van der Waals surface area contributed by atoms with Crippen LogP contribution < -0.4 is 5.32 Å². The molecule has 8 heteroatoms. The topological polar surface area (TPSA) is 84.2 Å². The zero-order valence-electron chi connectivity index (χ0n) is 13.6. The van der Waals surface area contributed by atoms with Crippen LogP contribution in [0, 0.1) is 0 Å². The molecule has 0 spiro atoms. The molecule has 1 aliphatic rings. The quantitative estimate of drug-likeness (QED) is 0.817. The number of carbonyl (C=O) groups excluding carboxylic acids is 1. The third-order valence-corrected chi connectivity index (χ3v) is 4.50. The lowest BCUT2D eigenvalue weighted by atomic mass is 10.1. The smallest absolute Gasteiger partial charge is 0.246 e. The van der Waals surface area contributed by atoms with Crippen molar-refractivity contribution in [1.82, 2.24) is 25.3 Å². The fourth-order valence-corrected chi connectivity index (χ4v) is 3.25. The van der Waals surface area contributed by atoms with Crippen molar-refractivity contribution >= 4 is 17.7 Å². The number of hydrogen-bond donors (Lipinski definition) is 1. The van der Waals surface area contributed by atoms with Gasteiger partial charge in [0.1, 0.15) is 6.04 Å². The Kier molecular flexibility index (Phi) is 5.81. The second-order valence-corrected chi connectivity index (χ2v) is 6.55. The van der Waals surface area contributed by atoms with E-state index in [1.165, 1.54) is 0 Å². The van der Waals surface area contributed by atoms with Gasteiger partial charge in [-0.15, -0.1) is 0 Å². The van der Waals surface area contributed by atoms with E-state index in [-0.39, 0.29) is 18.5 Å². The van der Waals surface area contributed by atoms with Crippen molar-refractivity contribution in [3.63, 3.8) is 0 Å². The Hall–Kier alpha value is -1.93. The van der Waals surface area contributed by atoms with Gasteiger partial charge in [0.25, 0.3) is 0 Å². The summed E-state index contributed by atoms with van der Waals surface area (Å²) < 4.78 is 5.16. The molecule has 0 aromatic carbocycles. The van der Waals surface area contributed by atoms with Crippen LogP contribution in [0.2, 0.25) is 0 Å². The largest absolute Gasteiger partial charge is 0.345 e. The lowest BCUT2D eigenvalue weighted by Crippen LogP contribution is -2.39. The van der Waals surface area contributed by atoms with Crippen LogP contribution >= 0.6 is 11.8 Å². The van der Waals surface area contributed by atoms with E-state index in [1.807, 2.05) is 18.4 Å². The molecular formula is C16H21N5O2S. The molecule has 1 N–H and O–H groups in total. The number of carbonyl (C=O) groups is 1. The van der Waals surface area contributed by atoms with Crippen LogP contribution in [0.25, 0.3) is 0 Å². The average Bonchev–Trinajstić information content (AvgIpc) is 3.27. The lowest BCUT2D eigenvalue weighted by molar-refractivity contribution is -0.126. The third-order valence-electron chi connectivity index (χ3n) is 3.95. The Bertz CT molecular complexity index is 657. The molecule has 0 aliphatic carbocycles. The minimum Gasteiger partial charge on any atom is -0.345 e. The van der Waals surface area contributed by atoms with E-state index in [2.05, 4.69) is 25.3 Å². The molecule has 128 valence electrons. The molecule has 1 fully saturated rings. The minimum atomic E-state index is -0.324. The number of nitrogens with one attached hydrogen (secondary N) is 1. The first kappa shape index (κ1) is 16.9. The van der Waals surface area contributed by atoms with E-state index >= 15 is 0 Å². The van der Waals surface area contributed by atoms with E-state index in [0.29, 0.717) is 17.5 Å². The maximum Gasteiger partial charge on any atom is 0.246 e. The van der Waals surface area contributed by atoms with Gasteiger partial charge in [0.15, 0.2) is 5.82 Å². The number of aromatic nitrogens is 3. The van der Waals surface area contributed by atoms with Crippen molar-refractivity contribution in [3.05, 3.63) is 41.8 Å².